The van der Waals surface area contributed by atoms with Crippen LogP contribution in [0.15, 0.2) is 18.3 Å². The maximum Gasteiger partial charge on any atom is 0.128 e. The normalized spacial score (nSPS) is 15.1. The summed E-state index contributed by atoms with van der Waals surface area (Å²) in [6.45, 7) is 0. The van der Waals surface area contributed by atoms with Crippen molar-refractivity contribution in [1.29, 1.82) is 10.5 Å². The SMILES string of the molecule is N#Cc1ccn2c(C#N)c3c(c2c1)CCCCCC3. The van der Waals surface area contributed by atoms with Gasteiger partial charge in [-0.15, -0.1) is 0 Å². The van der Waals surface area contributed by atoms with E-state index in [2.05, 4.69) is 12.1 Å². The Balaban J connectivity index is 2.30. The number of hydrogen-bond donors (Lipinski definition) is 0. The minimum absolute atomic E-state index is 0.666. The third kappa shape index (κ3) is 1.88. The van der Waals surface area contributed by atoms with Crippen LogP contribution in [0.4, 0.5) is 0 Å². The second kappa shape index (κ2) is 4.78. The number of nitrogens with zero attached hydrogens (tertiary/aromatic N) is 3. The van der Waals surface area contributed by atoms with Crippen molar-refractivity contribution in [3.05, 3.63) is 40.7 Å². The van der Waals surface area contributed by atoms with Crippen molar-refractivity contribution in [2.45, 2.75) is 38.5 Å². The molecule has 3 heteroatoms. The monoisotopic (exact) mass is 249 g/mol. The fraction of sp³-hybridized carbons (Fsp3) is 0.375. The Morgan fingerprint density at radius 2 is 1.68 bits per heavy atom. The van der Waals surface area contributed by atoms with Crippen LogP contribution in [-0.4, -0.2) is 4.40 Å². The maximum atomic E-state index is 9.43. The maximum absolute atomic E-state index is 9.43. The van der Waals surface area contributed by atoms with Crippen LogP contribution in [0.3, 0.4) is 0 Å². The number of aromatic nitrogens is 1. The number of rotatable bonds is 0. The zero-order valence-corrected chi connectivity index (χ0v) is 10.8. The van der Waals surface area contributed by atoms with E-state index in [4.69, 9.17) is 5.26 Å². The van der Waals surface area contributed by atoms with Crippen LogP contribution in [0.5, 0.6) is 0 Å². The van der Waals surface area contributed by atoms with Crippen LogP contribution >= 0.6 is 0 Å². The molecule has 3 nitrogen and oxygen atoms in total. The van der Waals surface area contributed by atoms with Gasteiger partial charge in [0, 0.05) is 6.20 Å². The number of pyridine rings is 1. The van der Waals surface area contributed by atoms with Crippen LogP contribution in [0.1, 0.15) is 48.1 Å². The van der Waals surface area contributed by atoms with Gasteiger partial charge in [-0.1, -0.05) is 12.8 Å². The van der Waals surface area contributed by atoms with Crippen molar-refractivity contribution >= 4 is 5.52 Å². The van der Waals surface area contributed by atoms with Crippen molar-refractivity contribution in [1.82, 2.24) is 4.40 Å². The van der Waals surface area contributed by atoms with Gasteiger partial charge in [-0.25, -0.2) is 0 Å². The summed E-state index contributed by atoms with van der Waals surface area (Å²) in [5.74, 6) is 0. The van der Waals surface area contributed by atoms with Gasteiger partial charge in [0.25, 0.3) is 0 Å². The molecule has 0 saturated carbocycles. The highest BCUT2D eigenvalue weighted by Gasteiger charge is 2.19. The van der Waals surface area contributed by atoms with Crippen molar-refractivity contribution in [3.8, 4) is 12.1 Å². The Labute approximate surface area is 112 Å². The molecule has 1 aliphatic rings. The minimum Gasteiger partial charge on any atom is -0.308 e. The summed E-state index contributed by atoms with van der Waals surface area (Å²) in [5.41, 5.74) is 4.97. The number of aryl methyl sites for hydroxylation is 1. The first-order chi connectivity index (χ1) is 9.35. The molecule has 2 aromatic heterocycles. The smallest absolute Gasteiger partial charge is 0.128 e. The van der Waals surface area contributed by atoms with E-state index in [1.54, 1.807) is 6.07 Å². The molecule has 0 aliphatic heterocycles. The predicted molar refractivity (Wildman–Crippen MR) is 72.7 cm³/mol. The van der Waals surface area contributed by atoms with Crippen molar-refractivity contribution in [2.24, 2.45) is 0 Å². The minimum atomic E-state index is 0.666. The average molecular weight is 249 g/mol. The van der Waals surface area contributed by atoms with Gasteiger partial charge >= 0.3 is 0 Å². The topological polar surface area (TPSA) is 52.0 Å². The number of hydrogen-bond acceptors (Lipinski definition) is 2. The first-order valence-corrected chi connectivity index (χ1v) is 6.81. The van der Waals surface area contributed by atoms with Gasteiger partial charge in [0.05, 0.1) is 17.1 Å². The summed E-state index contributed by atoms with van der Waals surface area (Å²) >= 11 is 0. The molecule has 0 N–H and O–H groups in total. The lowest BCUT2D eigenvalue weighted by atomic mass is 9.94. The van der Waals surface area contributed by atoms with E-state index < -0.39 is 0 Å². The van der Waals surface area contributed by atoms with Crippen molar-refractivity contribution in [2.75, 3.05) is 0 Å². The zero-order valence-electron chi connectivity index (χ0n) is 10.8. The van der Waals surface area contributed by atoms with Crippen LogP contribution < -0.4 is 0 Å². The fourth-order valence-electron chi connectivity index (χ4n) is 3.07. The van der Waals surface area contributed by atoms with E-state index in [9.17, 15) is 5.26 Å². The Morgan fingerprint density at radius 1 is 0.947 bits per heavy atom. The summed E-state index contributed by atoms with van der Waals surface area (Å²) in [6, 6.07) is 8.23. The molecule has 3 rings (SSSR count). The lowest BCUT2D eigenvalue weighted by Gasteiger charge is -2.09. The van der Waals surface area contributed by atoms with E-state index in [1.807, 2.05) is 16.7 Å². The first-order valence-electron chi connectivity index (χ1n) is 6.81. The van der Waals surface area contributed by atoms with Gasteiger partial charge in [0.1, 0.15) is 11.8 Å². The Bertz CT molecular complexity index is 710. The van der Waals surface area contributed by atoms with Crippen molar-refractivity contribution < 1.29 is 0 Å². The summed E-state index contributed by atoms with van der Waals surface area (Å²) in [7, 11) is 0. The van der Waals surface area contributed by atoms with Gasteiger partial charge in [-0.2, -0.15) is 10.5 Å². The molecule has 2 aromatic rings. The molecule has 0 unspecified atom stereocenters. The third-order valence-corrected chi connectivity index (χ3v) is 3.99. The Hall–Kier alpha value is -2.26. The first kappa shape index (κ1) is 11.8. The summed E-state index contributed by atoms with van der Waals surface area (Å²) in [6.07, 6.45) is 8.71. The van der Waals surface area contributed by atoms with Gasteiger partial charge in [0.15, 0.2) is 0 Å². The predicted octanol–water partition coefficient (Wildman–Crippen LogP) is 3.34. The van der Waals surface area contributed by atoms with Gasteiger partial charge in [-0.3, -0.25) is 0 Å². The van der Waals surface area contributed by atoms with E-state index in [1.165, 1.54) is 30.4 Å². The van der Waals surface area contributed by atoms with Crippen LogP contribution in [0.2, 0.25) is 0 Å². The van der Waals surface area contributed by atoms with Crippen LogP contribution in [0.25, 0.3) is 5.52 Å². The molecule has 0 saturated heterocycles. The molecule has 19 heavy (non-hydrogen) atoms. The van der Waals surface area contributed by atoms with Gasteiger partial charge in [0.2, 0.25) is 0 Å². The quantitative estimate of drug-likeness (QED) is 0.719. The standard InChI is InChI=1S/C16H15N3/c17-10-12-7-8-19-15(9-12)13-5-3-1-2-4-6-14(13)16(19)11-18/h7-9H,1-6H2. The largest absolute Gasteiger partial charge is 0.308 e. The van der Waals surface area contributed by atoms with Gasteiger partial charge < -0.3 is 4.40 Å². The average Bonchev–Trinajstić information content (AvgIpc) is 2.69. The highest BCUT2D eigenvalue weighted by atomic mass is 14.9. The summed E-state index contributed by atoms with van der Waals surface area (Å²) < 4.78 is 1.96. The molecule has 0 radical (unpaired) electrons. The Morgan fingerprint density at radius 3 is 2.37 bits per heavy atom. The van der Waals surface area contributed by atoms with E-state index >= 15 is 0 Å². The highest BCUT2D eigenvalue weighted by molar-refractivity contribution is 5.66. The third-order valence-electron chi connectivity index (χ3n) is 3.99. The molecular weight excluding hydrogens is 234 g/mol. The number of fused-ring (bicyclic) bond motifs is 3. The second-order valence-electron chi connectivity index (χ2n) is 5.11. The van der Waals surface area contributed by atoms with E-state index in [0.717, 1.165) is 30.5 Å². The highest BCUT2D eigenvalue weighted by Crippen LogP contribution is 2.29. The van der Waals surface area contributed by atoms with E-state index in [0.29, 0.717) is 5.56 Å². The molecule has 0 aromatic carbocycles. The molecule has 0 bridgehead atoms. The van der Waals surface area contributed by atoms with Crippen LogP contribution in [0, 0.1) is 22.7 Å². The summed E-state index contributed by atoms with van der Waals surface area (Å²) in [5, 5.41) is 18.5. The fourth-order valence-corrected chi connectivity index (χ4v) is 3.07. The van der Waals surface area contributed by atoms with Gasteiger partial charge in [-0.05, 0) is 48.9 Å². The molecule has 0 spiro atoms. The molecule has 0 amide bonds. The number of nitriles is 2. The molecule has 1 aliphatic carbocycles. The summed E-state index contributed by atoms with van der Waals surface area (Å²) in [4.78, 5) is 0. The molecule has 94 valence electrons. The molecule has 0 atom stereocenters. The lowest BCUT2D eigenvalue weighted by molar-refractivity contribution is 0.620. The Kier molecular flexibility index (Phi) is 2.97. The zero-order chi connectivity index (χ0) is 13.2. The second-order valence-corrected chi connectivity index (χ2v) is 5.11. The van der Waals surface area contributed by atoms with Crippen LogP contribution in [-0.2, 0) is 12.8 Å². The molecular formula is C16H15N3. The van der Waals surface area contributed by atoms with Crippen molar-refractivity contribution in [3.63, 3.8) is 0 Å². The molecule has 0 fully saturated rings. The lowest BCUT2D eigenvalue weighted by Crippen LogP contribution is -1.98. The molecule has 2 heterocycles. The van der Waals surface area contributed by atoms with E-state index in [-0.39, 0.29) is 0 Å².